The van der Waals surface area contributed by atoms with Gasteiger partial charge in [0.05, 0.1) is 22.9 Å². The van der Waals surface area contributed by atoms with Gasteiger partial charge in [0.2, 0.25) is 5.95 Å². The van der Waals surface area contributed by atoms with Gasteiger partial charge in [0.1, 0.15) is 5.56 Å². The van der Waals surface area contributed by atoms with Crippen LogP contribution in [0.3, 0.4) is 0 Å². The first-order valence-corrected chi connectivity index (χ1v) is 8.42. The summed E-state index contributed by atoms with van der Waals surface area (Å²) in [6.07, 6.45) is 4.84. The molecule has 0 fully saturated rings. The molecule has 0 aliphatic rings. The van der Waals surface area contributed by atoms with E-state index in [1.54, 1.807) is 48.3 Å². The Labute approximate surface area is 154 Å². The Bertz CT molecular complexity index is 1210. The van der Waals surface area contributed by atoms with Crippen molar-refractivity contribution in [3.63, 3.8) is 0 Å². The second-order valence-electron chi connectivity index (χ2n) is 6.20. The van der Waals surface area contributed by atoms with Gasteiger partial charge in [-0.25, -0.2) is 4.98 Å². The number of para-hydroxylation sites is 2. The van der Waals surface area contributed by atoms with Gasteiger partial charge < -0.3 is 4.57 Å². The lowest BCUT2D eigenvalue weighted by Crippen LogP contribution is -2.30. The molecule has 134 valence electrons. The fourth-order valence-corrected chi connectivity index (χ4v) is 3.02. The van der Waals surface area contributed by atoms with E-state index in [4.69, 9.17) is 0 Å². The highest BCUT2D eigenvalue weighted by Gasteiger charge is 2.19. The number of aromatic nitrogens is 4. The molecule has 0 unspecified atom stereocenters. The molecule has 3 aromatic heterocycles. The fourth-order valence-electron chi connectivity index (χ4n) is 3.02. The summed E-state index contributed by atoms with van der Waals surface area (Å²) in [5.41, 5.74) is 2.53. The Morgan fingerprint density at radius 3 is 2.67 bits per heavy atom. The highest BCUT2D eigenvalue weighted by atomic mass is 16.2. The van der Waals surface area contributed by atoms with E-state index in [0.29, 0.717) is 17.2 Å². The summed E-state index contributed by atoms with van der Waals surface area (Å²) < 4.78 is 3.19. The summed E-state index contributed by atoms with van der Waals surface area (Å²) >= 11 is 0. The topological polar surface area (TPSA) is 81.8 Å². The van der Waals surface area contributed by atoms with Crippen molar-refractivity contribution in [2.75, 3.05) is 5.32 Å². The van der Waals surface area contributed by atoms with E-state index in [9.17, 15) is 9.59 Å². The van der Waals surface area contributed by atoms with Gasteiger partial charge in [0.15, 0.2) is 0 Å². The number of nitrogens with zero attached hydrogens (tertiary/aromatic N) is 4. The van der Waals surface area contributed by atoms with E-state index >= 15 is 0 Å². The zero-order valence-corrected chi connectivity index (χ0v) is 14.9. The standard InChI is InChI=1S/C20H17N5O2/c1-13-9-11-25(14-6-5-10-21-12-14)19(27)17(13)18(26)23-20-22-15-7-3-4-8-16(15)24(20)2/h3-12H,1-2H3,(H,22,23,26). The van der Waals surface area contributed by atoms with Crippen LogP contribution < -0.4 is 10.9 Å². The summed E-state index contributed by atoms with van der Waals surface area (Å²) in [7, 11) is 1.82. The minimum atomic E-state index is -0.492. The average molecular weight is 359 g/mol. The predicted molar refractivity (Wildman–Crippen MR) is 103 cm³/mol. The molecule has 7 nitrogen and oxygen atoms in total. The Kier molecular flexibility index (Phi) is 4.04. The molecule has 4 aromatic rings. The van der Waals surface area contributed by atoms with Gasteiger partial charge in [-0.1, -0.05) is 12.1 Å². The van der Waals surface area contributed by atoms with Crippen molar-refractivity contribution in [2.45, 2.75) is 6.92 Å². The number of nitrogens with one attached hydrogen (secondary N) is 1. The molecule has 4 rings (SSSR count). The van der Waals surface area contributed by atoms with Crippen molar-refractivity contribution >= 4 is 22.9 Å². The lowest BCUT2D eigenvalue weighted by atomic mass is 10.1. The molecule has 7 heteroatoms. The van der Waals surface area contributed by atoms with Gasteiger partial charge in [0, 0.05) is 19.4 Å². The predicted octanol–water partition coefficient (Wildman–Crippen LogP) is 2.68. The number of aryl methyl sites for hydroxylation is 2. The third-order valence-corrected chi connectivity index (χ3v) is 4.46. The van der Waals surface area contributed by atoms with Crippen molar-refractivity contribution in [2.24, 2.45) is 7.05 Å². The molecule has 1 aromatic carbocycles. The number of benzene rings is 1. The number of carbonyl (C=O) groups is 1. The number of anilines is 1. The van der Waals surface area contributed by atoms with E-state index in [2.05, 4.69) is 15.3 Å². The number of hydrogen-bond acceptors (Lipinski definition) is 4. The molecule has 0 atom stereocenters. The molecule has 1 amide bonds. The maximum Gasteiger partial charge on any atom is 0.268 e. The third kappa shape index (κ3) is 2.89. The van der Waals surface area contributed by atoms with Crippen LogP contribution in [-0.2, 0) is 7.05 Å². The van der Waals surface area contributed by atoms with Crippen LogP contribution in [-0.4, -0.2) is 25.0 Å². The number of hydrogen-bond donors (Lipinski definition) is 1. The lowest BCUT2D eigenvalue weighted by Gasteiger charge is -2.11. The van der Waals surface area contributed by atoms with Crippen LogP contribution >= 0.6 is 0 Å². The number of fused-ring (bicyclic) bond motifs is 1. The van der Waals surface area contributed by atoms with Crippen LogP contribution in [0.15, 0.2) is 65.8 Å². The second kappa shape index (κ2) is 6.53. The van der Waals surface area contributed by atoms with E-state index in [1.807, 2.05) is 31.3 Å². The number of imidazole rings is 1. The fraction of sp³-hybridized carbons (Fsp3) is 0.100. The van der Waals surface area contributed by atoms with Crippen molar-refractivity contribution in [1.29, 1.82) is 0 Å². The molecule has 0 spiro atoms. The van der Waals surface area contributed by atoms with E-state index in [0.717, 1.165) is 11.0 Å². The van der Waals surface area contributed by atoms with Crippen LogP contribution in [0.2, 0.25) is 0 Å². The van der Waals surface area contributed by atoms with Gasteiger partial charge in [-0.2, -0.15) is 0 Å². The molecule has 0 saturated heterocycles. The second-order valence-corrected chi connectivity index (χ2v) is 6.20. The van der Waals surface area contributed by atoms with Crippen LogP contribution in [0, 0.1) is 6.92 Å². The Balaban J connectivity index is 1.75. The number of pyridine rings is 2. The van der Waals surface area contributed by atoms with Crippen LogP contribution in [0.25, 0.3) is 16.7 Å². The molecule has 1 N–H and O–H groups in total. The Morgan fingerprint density at radius 1 is 1.11 bits per heavy atom. The first-order valence-electron chi connectivity index (χ1n) is 8.42. The zero-order valence-electron chi connectivity index (χ0n) is 14.9. The quantitative estimate of drug-likeness (QED) is 0.610. The number of amides is 1. The molecular formula is C20H17N5O2. The van der Waals surface area contributed by atoms with Crippen molar-refractivity contribution < 1.29 is 4.79 Å². The molecule has 27 heavy (non-hydrogen) atoms. The maximum atomic E-state index is 12.9. The van der Waals surface area contributed by atoms with Gasteiger partial charge >= 0.3 is 0 Å². The monoisotopic (exact) mass is 359 g/mol. The number of carbonyl (C=O) groups excluding carboxylic acids is 1. The SMILES string of the molecule is Cc1ccn(-c2cccnc2)c(=O)c1C(=O)Nc1nc2ccccc2n1C. The molecule has 3 heterocycles. The minimum Gasteiger partial charge on any atom is -0.313 e. The minimum absolute atomic E-state index is 0.0772. The van der Waals surface area contributed by atoms with Crippen molar-refractivity contribution in [1.82, 2.24) is 19.1 Å². The first-order chi connectivity index (χ1) is 13.1. The summed E-state index contributed by atoms with van der Waals surface area (Å²) in [5.74, 6) is -0.106. The maximum absolute atomic E-state index is 12.9. The van der Waals surface area contributed by atoms with E-state index in [-0.39, 0.29) is 5.56 Å². The molecular weight excluding hydrogens is 342 g/mol. The molecule has 0 radical (unpaired) electrons. The van der Waals surface area contributed by atoms with Gasteiger partial charge in [-0.15, -0.1) is 0 Å². The summed E-state index contributed by atoms with van der Waals surface area (Å²) in [6, 6.07) is 12.8. The molecule has 0 aliphatic carbocycles. The Morgan fingerprint density at radius 2 is 1.93 bits per heavy atom. The molecule has 0 aliphatic heterocycles. The van der Waals surface area contributed by atoms with Gasteiger partial charge in [-0.05, 0) is 42.8 Å². The number of rotatable bonds is 3. The summed E-state index contributed by atoms with van der Waals surface area (Å²) in [5, 5.41) is 2.76. The van der Waals surface area contributed by atoms with E-state index < -0.39 is 11.5 Å². The third-order valence-electron chi connectivity index (χ3n) is 4.46. The van der Waals surface area contributed by atoms with Gasteiger partial charge in [0.25, 0.3) is 11.5 Å². The van der Waals surface area contributed by atoms with Crippen LogP contribution in [0.4, 0.5) is 5.95 Å². The lowest BCUT2D eigenvalue weighted by molar-refractivity contribution is 0.102. The zero-order chi connectivity index (χ0) is 19.0. The largest absolute Gasteiger partial charge is 0.313 e. The first kappa shape index (κ1) is 16.7. The molecule has 0 saturated carbocycles. The van der Waals surface area contributed by atoms with Crippen LogP contribution in [0.1, 0.15) is 15.9 Å². The normalized spacial score (nSPS) is 10.9. The van der Waals surface area contributed by atoms with Gasteiger partial charge in [-0.3, -0.25) is 24.5 Å². The average Bonchev–Trinajstić information content (AvgIpc) is 2.98. The van der Waals surface area contributed by atoms with Crippen molar-refractivity contribution in [3.05, 3.63) is 82.5 Å². The van der Waals surface area contributed by atoms with E-state index in [1.165, 1.54) is 4.57 Å². The highest BCUT2D eigenvalue weighted by Crippen LogP contribution is 2.18. The molecule has 0 bridgehead atoms. The highest BCUT2D eigenvalue weighted by molar-refractivity contribution is 6.04. The summed E-state index contributed by atoms with van der Waals surface area (Å²) in [6.45, 7) is 1.73. The Hall–Kier alpha value is -3.74. The van der Waals surface area contributed by atoms with Crippen molar-refractivity contribution in [3.8, 4) is 5.69 Å². The summed E-state index contributed by atoms with van der Waals surface area (Å²) in [4.78, 5) is 34.3. The smallest absolute Gasteiger partial charge is 0.268 e. The van der Waals surface area contributed by atoms with Crippen LogP contribution in [0.5, 0.6) is 0 Å².